The van der Waals surface area contributed by atoms with Crippen LogP contribution in [0.4, 0.5) is 0 Å². The Balaban J connectivity index is 1.79. The molecule has 0 unspecified atom stereocenters. The molecule has 25 heavy (non-hydrogen) atoms. The number of carbonyl (C=O) groups is 1. The molecule has 0 bridgehead atoms. The maximum Gasteiger partial charge on any atom is 0.269 e. The van der Waals surface area contributed by atoms with Gasteiger partial charge in [0.25, 0.3) is 5.56 Å². The van der Waals surface area contributed by atoms with Crippen LogP contribution in [0.2, 0.25) is 0 Å². The molecule has 2 heterocycles. The fraction of sp³-hybridized carbons (Fsp3) is 0.353. The summed E-state index contributed by atoms with van der Waals surface area (Å²) in [5.74, 6) is 0.550. The summed E-state index contributed by atoms with van der Waals surface area (Å²) in [6.07, 6.45) is 3.87. The highest BCUT2D eigenvalue weighted by molar-refractivity contribution is 5.79. The molecule has 1 amide bonds. The summed E-state index contributed by atoms with van der Waals surface area (Å²) in [5, 5.41) is 7.98. The number of hydrogen-bond donors (Lipinski definition) is 0. The molecule has 3 rings (SSSR count). The highest BCUT2D eigenvalue weighted by atomic mass is 16.2. The van der Waals surface area contributed by atoms with E-state index in [0.29, 0.717) is 17.6 Å². The lowest BCUT2D eigenvalue weighted by atomic mass is 10.3. The van der Waals surface area contributed by atoms with E-state index in [-0.39, 0.29) is 18.0 Å². The number of rotatable bonds is 6. The van der Waals surface area contributed by atoms with Crippen LogP contribution in [-0.2, 0) is 24.4 Å². The van der Waals surface area contributed by atoms with Gasteiger partial charge in [-0.25, -0.2) is 4.98 Å². The molecule has 3 aromatic rings. The maximum atomic E-state index is 12.6. The first kappa shape index (κ1) is 16.8. The number of aryl methyl sites for hydroxylation is 1. The predicted octanol–water partition coefficient (Wildman–Crippen LogP) is 1.06. The van der Waals surface area contributed by atoms with E-state index in [1.165, 1.54) is 10.8 Å². The zero-order valence-corrected chi connectivity index (χ0v) is 14.3. The summed E-state index contributed by atoms with van der Waals surface area (Å²) >= 11 is 0. The lowest BCUT2D eigenvalue weighted by Crippen LogP contribution is -2.34. The van der Waals surface area contributed by atoms with Crippen molar-refractivity contribution < 1.29 is 4.79 Å². The summed E-state index contributed by atoms with van der Waals surface area (Å²) in [7, 11) is 1.70. The average Bonchev–Trinajstić information content (AvgIpc) is 3.04. The zero-order valence-electron chi connectivity index (χ0n) is 14.3. The third-order valence-corrected chi connectivity index (χ3v) is 4.01. The number of para-hydroxylation sites is 2. The summed E-state index contributed by atoms with van der Waals surface area (Å²) in [6, 6.07) is 7.27. The lowest BCUT2D eigenvalue weighted by Gasteiger charge is -2.18. The van der Waals surface area contributed by atoms with E-state index in [9.17, 15) is 9.59 Å². The Hall–Kier alpha value is -3.03. The van der Waals surface area contributed by atoms with Crippen LogP contribution in [0.15, 0.2) is 41.6 Å². The molecule has 130 valence electrons. The molecule has 0 aliphatic rings. The van der Waals surface area contributed by atoms with E-state index >= 15 is 0 Å². The second-order valence-electron chi connectivity index (χ2n) is 5.86. The van der Waals surface area contributed by atoms with Crippen LogP contribution in [0.3, 0.4) is 0 Å². The van der Waals surface area contributed by atoms with Gasteiger partial charge in [-0.3, -0.25) is 14.2 Å². The quantitative estimate of drug-likeness (QED) is 0.670. The number of fused-ring (bicyclic) bond motifs is 1. The summed E-state index contributed by atoms with van der Waals surface area (Å²) in [6.45, 7) is 3.18. The number of likely N-dealkylation sites (N-methyl/N-ethyl adjacent to an activating group) is 1. The Morgan fingerprint density at radius 3 is 2.88 bits per heavy atom. The van der Waals surface area contributed by atoms with Gasteiger partial charge in [0.2, 0.25) is 5.91 Å². The Labute approximate surface area is 144 Å². The van der Waals surface area contributed by atoms with Crippen LogP contribution in [-0.4, -0.2) is 42.2 Å². The molecule has 0 saturated heterocycles. The minimum Gasteiger partial charge on any atom is -0.337 e. The molecule has 0 N–H and O–H groups in total. The number of carbonyl (C=O) groups excluding carboxylic acids is 1. The highest BCUT2D eigenvalue weighted by Crippen LogP contribution is 2.09. The SMILES string of the molecule is CCCn1cnnc1CN(C)C(=O)Cn1c(=O)cnc2ccccc21. The van der Waals surface area contributed by atoms with Crippen LogP contribution in [0.1, 0.15) is 19.2 Å². The minimum atomic E-state index is -0.297. The molecular formula is C17H20N6O2. The van der Waals surface area contributed by atoms with Crippen molar-refractivity contribution >= 4 is 16.9 Å². The Morgan fingerprint density at radius 2 is 2.08 bits per heavy atom. The van der Waals surface area contributed by atoms with Gasteiger partial charge in [-0.15, -0.1) is 10.2 Å². The van der Waals surface area contributed by atoms with Gasteiger partial charge >= 0.3 is 0 Å². The van der Waals surface area contributed by atoms with Crippen LogP contribution in [0, 0.1) is 0 Å². The average molecular weight is 340 g/mol. The first-order chi connectivity index (χ1) is 12.1. The third kappa shape index (κ3) is 3.57. The van der Waals surface area contributed by atoms with E-state index in [0.717, 1.165) is 18.8 Å². The van der Waals surface area contributed by atoms with Crippen molar-refractivity contribution in [3.63, 3.8) is 0 Å². The fourth-order valence-corrected chi connectivity index (χ4v) is 2.66. The second kappa shape index (κ2) is 7.25. The van der Waals surface area contributed by atoms with Gasteiger partial charge in [-0.05, 0) is 18.6 Å². The van der Waals surface area contributed by atoms with Gasteiger partial charge in [0.1, 0.15) is 12.9 Å². The van der Waals surface area contributed by atoms with E-state index in [1.54, 1.807) is 24.3 Å². The molecule has 8 nitrogen and oxygen atoms in total. The third-order valence-electron chi connectivity index (χ3n) is 4.01. The number of hydrogen-bond acceptors (Lipinski definition) is 5. The van der Waals surface area contributed by atoms with Gasteiger partial charge < -0.3 is 9.47 Å². The minimum absolute atomic E-state index is 0.0414. The highest BCUT2D eigenvalue weighted by Gasteiger charge is 2.15. The molecule has 0 radical (unpaired) electrons. The number of benzene rings is 1. The molecule has 0 fully saturated rings. The van der Waals surface area contributed by atoms with Crippen LogP contribution in [0.5, 0.6) is 0 Å². The molecule has 0 saturated carbocycles. The molecule has 0 atom stereocenters. The first-order valence-corrected chi connectivity index (χ1v) is 8.15. The summed E-state index contributed by atoms with van der Waals surface area (Å²) in [5.41, 5.74) is 1.03. The normalized spacial score (nSPS) is 11.0. The molecule has 0 spiro atoms. The first-order valence-electron chi connectivity index (χ1n) is 8.15. The van der Waals surface area contributed by atoms with Crippen LogP contribution < -0.4 is 5.56 Å². The van der Waals surface area contributed by atoms with Crippen molar-refractivity contribution in [2.45, 2.75) is 33.0 Å². The number of aromatic nitrogens is 5. The van der Waals surface area contributed by atoms with Crippen molar-refractivity contribution in [1.82, 2.24) is 29.2 Å². The maximum absolute atomic E-state index is 12.6. The molecule has 1 aromatic carbocycles. The largest absolute Gasteiger partial charge is 0.337 e. The van der Waals surface area contributed by atoms with Gasteiger partial charge in [0, 0.05) is 13.6 Å². The van der Waals surface area contributed by atoms with E-state index < -0.39 is 0 Å². The van der Waals surface area contributed by atoms with Gasteiger partial charge in [-0.2, -0.15) is 0 Å². The van der Waals surface area contributed by atoms with Crippen molar-refractivity contribution in [2.24, 2.45) is 0 Å². The van der Waals surface area contributed by atoms with E-state index in [2.05, 4.69) is 22.1 Å². The van der Waals surface area contributed by atoms with E-state index in [1.807, 2.05) is 22.8 Å². The zero-order chi connectivity index (χ0) is 17.8. The van der Waals surface area contributed by atoms with Gasteiger partial charge in [0.05, 0.1) is 23.8 Å². The summed E-state index contributed by atoms with van der Waals surface area (Å²) in [4.78, 5) is 30.4. The second-order valence-corrected chi connectivity index (χ2v) is 5.86. The van der Waals surface area contributed by atoms with E-state index in [4.69, 9.17) is 0 Å². The van der Waals surface area contributed by atoms with Crippen molar-refractivity contribution in [1.29, 1.82) is 0 Å². The van der Waals surface area contributed by atoms with Crippen molar-refractivity contribution in [3.05, 3.63) is 53.0 Å². The standard InChI is InChI=1S/C17H20N6O2/c1-3-8-22-12-19-20-15(22)10-21(2)17(25)11-23-14-7-5-4-6-13(14)18-9-16(23)24/h4-7,9,12H,3,8,10-11H2,1-2H3. The summed E-state index contributed by atoms with van der Waals surface area (Å²) < 4.78 is 3.37. The Kier molecular flexibility index (Phi) is 4.87. The smallest absolute Gasteiger partial charge is 0.269 e. The van der Waals surface area contributed by atoms with Crippen LogP contribution >= 0.6 is 0 Å². The predicted molar refractivity (Wildman–Crippen MR) is 92.8 cm³/mol. The van der Waals surface area contributed by atoms with Crippen molar-refractivity contribution in [3.8, 4) is 0 Å². The van der Waals surface area contributed by atoms with Gasteiger partial charge in [-0.1, -0.05) is 19.1 Å². The monoisotopic (exact) mass is 340 g/mol. The molecular weight excluding hydrogens is 320 g/mol. The molecule has 0 aliphatic heterocycles. The molecule has 2 aromatic heterocycles. The fourth-order valence-electron chi connectivity index (χ4n) is 2.66. The molecule has 8 heteroatoms. The lowest BCUT2D eigenvalue weighted by molar-refractivity contribution is -0.131. The molecule has 0 aliphatic carbocycles. The number of nitrogens with zero attached hydrogens (tertiary/aromatic N) is 6. The van der Waals surface area contributed by atoms with Gasteiger partial charge in [0.15, 0.2) is 5.82 Å². The number of amides is 1. The topological polar surface area (TPSA) is 85.9 Å². The Bertz CT molecular complexity index is 945. The Morgan fingerprint density at radius 1 is 1.28 bits per heavy atom. The van der Waals surface area contributed by atoms with Crippen molar-refractivity contribution in [2.75, 3.05) is 7.05 Å². The van der Waals surface area contributed by atoms with Crippen LogP contribution in [0.25, 0.3) is 11.0 Å².